The molecule has 1 amide bonds. The van der Waals surface area contributed by atoms with E-state index in [0.29, 0.717) is 29.7 Å². The summed E-state index contributed by atoms with van der Waals surface area (Å²) in [5.41, 5.74) is 1.63. The summed E-state index contributed by atoms with van der Waals surface area (Å²) >= 11 is 1.29. The van der Waals surface area contributed by atoms with Crippen LogP contribution in [0.25, 0.3) is 0 Å². The Hall–Kier alpha value is -2.02. The summed E-state index contributed by atoms with van der Waals surface area (Å²) in [7, 11) is -3.58. The van der Waals surface area contributed by atoms with Gasteiger partial charge in [0.2, 0.25) is 21.1 Å². The zero-order chi connectivity index (χ0) is 22.7. The van der Waals surface area contributed by atoms with E-state index >= 15 is 0 Å². The molecule has 2 aliphatic rings. The number of aryl methyl sites for hydroxylation is 2. The number of amides is 1. The molecule has 0 spiro atoms. The van der Waals surface area contributed by atoms with E-state index in [4.69, 9.17) is 4.74 Å². The minimum atomic E-state index is -3.58. The van der Waals surface area contributed by atoms with Gasteiger partial charge in [-0.2, -0.15) is 4.31 Å². The molecule has 0 radical (unpaired) electrons. The number of sulfonamides is 1. The summed E-state index contributed by atoms with van der Waals surface area (Å²) in [6, 6.07) is 5.44. The molecule has 1 aromatic carbocycles. The van der Waals surface area contributed by atoms with Crippen molar-refractivity contribution in [2.45, 2.75) is 49.4 Å². The predicted molar refractivity (Wildman–Crippen MR) is 119 cm³/mol. The van der Waals surface area contributed by atoms with Crippen molar-refractivity contribution in [2.75, 3.05) is 38.5 Å². The van der Waals surface area contributed by atoms with Crippen LogP contribution in [0.15, 0.2) is 28.3 Å². The molecule has 1 aromatic heterocycles. The minimum absolute atomic E-state index is 0.0505. The first-order chi connectivity index (χ1) is 15.3. The quantitative estimate of drug-likeness (QED) is 0.542. The Morgan fingerprint density at radius 1 is 1.22 bits per heavy atom. The molecule has 0 bridgehead atoms. The second-order valence-electron chi connectivity index (χ2n) is 8.12. The number of hydrogen-bond donors (Lipinski definition) is 0. The summed E-state index contributed by atoms with van der Waals surface area (Å²) in [5.74, 6) is 0.153. The first-order valence-electron chi connectivity index (χ1n) is 10.7. The molecule has 174 valence electrons. The Morgan fingerprint density at radius 3 is 2.72 bits per heavy atom. The average Bonchev–Trinajstić information content (AvgIpc) is 3.46. The fraction of sp³-hybridized carbons (Fsp3) is 0.600. The number of carbonyl (C=O) groups is 1. The van der Waals surface area contributed by atoms with Gasteiger partial charge in [-0.15, -0.1) is 5.10 Å². The molecule has 4 rings (SSSR count). The SMILES string of the molecule is Cc1ccc(C)c(S(=O)(=O)N2CCN(C(=O)CSc3nnnn3C[C@@H]3CCCO3)CC2)c1. The van der Waals surface area contributed by atoms with Crippen LogP contribution >= 0.6 is 11.8 Å². The third kappa shape index (κ3) is 5.13. The molecule has 3 heterocycles. The summed E-state index contributed by atoms with van der Waals surface area (Å²) < 4.78 is 34.9. The Bertz CT molecular complexity index is 1060. The van der Waals surface area contributed by atoms with Crippen LogP contribution < -0.4 is 0 Å². The lowest BCUT2D eigenvalue weighted by Crippen LogP contribution is -2.51. The number of ether oxygens (including phenoxy) is 1. The highest BCUT2D eigenvalue weighted by atomic mass is 32.2. The van der Waals surface area contributed by atoms with Crippen LogP contribution in [-0.4, -0.2) is 88.4 Å². The number of benzene rings is 1. The molecule has 12 heteroatoms. The Balaban J connectivity index is 1.30. The molecular weight excluding hydrogens is 452 g/mol. The van der Waals surface area contributed by atoms with Gasteiger partial charge in [-0.1, -0.05) is 23.9 Å². The largest absolute Gasteiger partial charge is 0.376 e. The number of piperazine rings is 1. The maximum atomic E-state index is 13.1. The van der Waals surface area contributed by atoms with E-state index in [-0.39, 0.29) is 30.9 Å². The lowest BCUT2D eigenvalue weighted by Gasteiger charge is -2.34. The lowest BCUT2D eigenvalue weighted by atomic mass is 10.2. The Kier molecular flexibility index (Phi) is 7.13. The van der Waals surface area contributed by atoms with Crippen LogP contribution in [0.4, 0.5) is 0 Å². The number of hydrogen-bond acceptors (Lipinski definition) is 8. The van der Waals surface area contributed by atoms with Crippen molar-refractivity contribution >= 4 is 27.7 Å². The maximum Gasteiger partial charge on any atom is 0.243 e. The topological polar surface area (TPSA) is 111 Å². The highest BCUT2D eigenvalue weighted by molar-refractivity contribution is 7.99. The van der Waals surface area contributed by atoms with Gasteiger partial charge in [0.25, 0.3) is 0 Å². The van der Waals surface area contributed by atoms with Crippen molar-refractivity contribution in [3.63, 3.8) is 0 Å². The second-order valence-corrected chi connectivity index (χ2v) is 11.0. The minimum Gasteiger partial charge on any atom is -0.376 e. The van der Waals surface area contributed by atoms with Gasteiger partial charge in [0.05, 0.1) is 23.3 Å². The molecule has 0 unspecified atom stereocenters. The van der Waals surface area contributed by atoms with Gasteiger partial charge in [-0.25, -0.2) is 13.1 Å². The number of nitrogens with zero attached hydrogens (tertiary/aromatic N) is 6. The molecule has 2 aromatic rings. The molecule has 0 saturated carbocycles. The highest BCUT2D eigenvalue weighted by Crippen LogP contribution is 2.23. The van der Waals surface area contributed by atoms with E-state index in [1.807, 2.05) is 19.1 Å². The molecular formula is C20H28N6O4S2. The van der Waals surface area contributed by atoms with Crippen molar-refractivity contribution < 1.29 is 17.9 Å². The number of carbonyl (C=O) groups excluding carboxylic acids is 1. The van der Waals surface area contributed by atoms with Crippen molar-refractivity contribution in [3.8, 4) is 0 Å². The van der Waals surface area contributed by atoms with E-state index in [1.54, 1.807) is 22.6 Å². The molecule has 10 nitrogen and oxygen atoms in total. The van der Waals surface area contributed by atoms with Crippen LogP contribution in [0.1, 0.15) is 24.0 Å². The second kappa shape index (κ2) is 9.86. The summed E-state index contributed by atoms with van der Waals surface area (Å²) in [5, 5.41) is 12.3. The number of tetrazole rings is 1. The molecule has 2 aliphatic heterocycles. The van der Waals surface area contributed by atoms with Crippen LogP contribution in [0.3, 0.4) is 0 Å². The normalized spacial score (nSPS) is 20.1. The van der Waals surface area contributed by atoms with Gasteiger partial charge in [0.15, 0.2) is 0 Å². The van der Waals surface area contributed by atoms with Crippen molar-refractivity contribution in [2.24, 2.45) is 0 Å². The third-order valence-corrected chi connectivity index (χ3v) is 8.76. The Labute approximate surface area is 192 Å². The lowest BCUT2D eigenvalue weighted by molar-refractivity contribution is -0.129. The number of aromatic nitrogens is 4. The van der Waals surface area contributed by atoms with Crippen LogP contribution in [0, 0.1) is 13.8 Å². The van der Waals surface area contributed by atoms with E-state index in [9.17, 15) is 13.2 Å². The van der Waals surface area contributed by atoms with E-state index in [0.717, 1.165) is 30.6 Å². The van der Waals surface area contributed by atoms with Gasteiger partial charge >= 0.3 is 0 Å². The van der Waals surface area contributed by atoms with E-state index in [2.05, 4.69) is 15.5 Å². The monoisotopic (exact) mass is 480 g/mol. The molecule has 1 atom stereocenters. The first kappa shape index (κ1) is 23.1. The van der Waals surface area contributed by atoms with Crippen molar-refractivity contribution in [3.05, 3.63) is 29.3 Å². The van der Waals surface area contributed by atoms with E-state index in [1.165, 1.54) is 16.1 Å². The standard InChI is InChI=1S/C20H28N6O4S2/c1-15-5-6-16(2)18(12-15)32(28,29)25-9-7-24(8-10-25)19(27)14-31-20-21-22-23-26(20)13-17-4-3-11-30-17/h5-6,12,17H,3-4,7-11,13-14H2,1-2H3/t17-/m0/s1. The van der Waals surface area contributed by atoms with Crippen LogP contribution in [0.5, 0.6) is 0 Å². The molecule has 0 N–H and O–H groups in total. The molecule has 32 heavy (non-hydrogen) atoms. The van der Waals surface area contributed by atoms with Crippen LogP contribution in [0.2, 0.25) is 0 Å². The summed E-state index contributed by atoms with van der Waals surface area (Å²) in [6.07, 6.45) is 2.14. The molecule has 0 aliphatic carbocycles. The van der Waals surface area contributed by atoms with Gasteiger partial charge in [0.1, 0.15) is 0 Å². The Morgan fingerprint density at radius 2 is 2.00 bits per heavy atom. The van der Waals surface area contributed by atoms with Crippen molar-refractivity contribution in [1.82, 2.24) is 29.4 Å². The van der Waals surface area contributed by atoms with Gasteiger partial charge < -0.3 is 9.64 Å². The average molecular weight is 481 g/mol. The fourth-order valence-electron chi connectivity index (χ4n) is 3.92. The fourth-order valence-corrected chi connectivity index (χ4v) is 6.44. The summed E-state index contributed by atoms with van der Waals surface area (Å²) in [4.78, 5) is 14.8. The maximum absolute atomic E-state index is 13.1. The van der Waals surface area contributed by atoms with Gasteiger partial charge in [0, 0.05) is 32.8 Å². The van der Waals surface area contributed by atoms with Gasteiger partial charge in [-0.3, -0.25) is 4.79 Å². The first-order valence-corrected chi connectivity index (χ1v) is 13.1. The predicted octanol–water partition coefficient (Wildman–Crippen LogP) is 1.09. The molecule has 2 saturated heterocycles. The summed E-state index contributed by atoms with van der Waals surface area (Å²) in [6.45, 7) is 6.32. The van der Waals surface area contributed by atoms with Gasteiger partial charge in [-0.05, 0) is 54.3 Å². The number of thioether (sulfide) groups is 1. The zero-order valence-corrected chi connectivity index (χ0v) is 19.9. The third-order valence-electron chi connectivity index (χ3n) is 5.78. The number of rotatable bonds is 7. The van der Waals surface area contributed by atoms with Crippen LogP contribution in [-0.2, 0) is 26.1 Å². The van der Waals surface area contributed by atoms with E-state index < -0.39 is 10.0 Å². The van der Waals surface area contributed by atoms with Crippen molar-refractivity contribution in [1.29, 1.82) is 0 Å². The zero-order valence-electron chi connectivity index (χ0n) is 18.3. The highest BCUT2D eigenvalue weighted by Gasteiger charge is 2.31. The smallest absolute Gasteiger partial charge is 0.243 e. The molecule has 2 fully saturated rings.